The fourth-order valence-corrected chi connectivity index (χ4v) is 2.05. The molecule has 0 aliphatic heterocycles. The zero-order valence-corrected chi connectivity index (χ0v) is 10.4. The summed E-state index contributed by atoms with van der Waals surface area (Å²) in [7, 11) is 0. The average molecular weight is 239 g/mol. The molecule has 0 saturated carbocycles. The van der Waals surface area contributed by atoms with E-state index in [4.69, 9.17) is 5.11 Å². The number of thiophene rings is 1. The van der Waals surface area contributed by atoms with Crippen molar-refractivity contribution in [3.05, 3.63) is 28.0 Å². The molecule has 1 atom stereocenters. The largest absolute Gasteiger partial charge is 0.394 e. The maximum Gasteiger partial charge on any atom is 0.244 e. The number of hydrogen-bond donors (Lipinski definition) is 2. The molecule has 1 heterocycles. The van der Waals surface area contributed by atoms with E-state index >= 15 is 0 Å². The monoisotopic (exact) mass is 239 g/mol. The molecule has 0 aromatic carbocycles. The van der Waals surface area contributed by atoms with Crippen LogP contribution in [-0.2, 0) is 4.79 Å². The van der Waals surface area contributed by atoms with Crippen LogP contribution in [0.5, 0.6) is 0 Å². The average Bonchev–Trinajstić information content (AvgIpc) is 2.69. The molecule has 1 aromatic rings. The zero-order valence-electron chi connectivity index (χ0n) is 9.56. The van der Waals surface area contributed by atoms with Gasteiger partial charge >= 0.3 is 0 Å². The second-order valence-corrected chi connectivity index (χ2v) is 4.55. The molecule has 0 bridgehead atoms. The van der Waals surface area contributed by atoms with Crippen LogP contribution in [0.1, 0.15) is 23.8 Å². The van der Waals surface area contributed by atoms with Crippen LogP contribution in [0.2, 0.25) is 0 Å². The van der Waals surface area contributed by atoms with Gasteiger partial charge in [0.25, 0.3) is 0 Å². The summed E-state index contributed by atoms with van der Waals surface area (Å²) >= 11 is 1.61. The third kappa shape index (κ3) is 3.79. The van der Waals surface area contributed by atoms with E-state index in [1.807, 2.05) is 25.3 Å². The van der Waals surface area contributed by atoms with Crippen LogP contribution in [0.4, 0.5) is 0 Å². The number of hydrogen-bond acceptors (Lipinski definition) is 3. The van der Waals surface area contributed by atoms with Gasteiger partial charge in [-0.2, -0.15) is 0 Å². The van der Waals surface area contributed by atoms with E-state index in [1.54, 1.807) is 17.4 Å². The van der Waals surface area contributed by atoms with Crippen molar-refractivity contribution in [3.63, 3.8) is 0 Å². The Morgan fingerprint density at radius 2 is 2.44 bits per heavy atom. The standard InChI is InChI=1S/C12H17NO2S/c1-3-10(8-14)13-12(15)5-4-11-9(2)6-7-16-11/h4-7,10,14H,3,8H2,1-2H3,(H,13,15)/b5-4+/t10-/m0/s1. The Kier molecular flexibility index (Phi) is 5.22. The van der Waals surface area contributed by atoms with Crippen LogP contribution < -0.4 is 5.32 Å². The minimum atomic E-state index is -0.159. The van der Waals surface area contributed by atoms with Gasteiger partial charge in [-0.3, -0.25) is 4.79 Å². The molecule has 3 nitrogen and oxygen atoms in total. The topological polar surface area (TPSA) is 49.3 Å². The van der Waals surface area contributed by atoms with Gasteiger partial charge in [0.05, 0.1) is 12.6 Å². The molecule has 0 aliphatic rings. The Morgan fingerprint density at radius 3 is 2.94 bits per heavy atom. The third-order valence-corrected chi connectivity index (χ3v) is 3.33. The summed E-state index contributed by atoms with van der Waals surface area (Å²) in [6.45, 7) is 3.92. The molecule has 0 radical (unpaired) electrons. The molecule has 0 saturated heterocycles. The molecule has 0 fully saturated rings. The molecule has 0 unspecified atom stereocenters. The second kappa shape index (κ2) is 6.45. The van der Waals surface area contributed by atoms with E-state index in [-0.39, 0.29) is 18.6 Å². The minimum Gasteiger partial charge on any atom is -0.394 e. The Hall–Kier alpha value is -1.13. The van der Waals surface area contributed by atoms with Gasteiger partial charge in [-0.25, -0.2) is 0 Å². The molecule has 0 spiro atoms. The molecular formula is C12H17NO2S. The maximum absolute atomic E-state index is 11.5. The predicted molar refractivity (Wildman–Crippen MR) is 67.4 cm³/mol. The highest BCUT2D eigenvalue weighted by Gasteiger charge is 2.06. The molecule has 2 N–H and O–H groups in total. The van der Waals surface area contributed by atoms with Gasteiger partial charge < -0.3 is 10.4 Å². The lowest BCUT2D eigenvalue weighted by Gasteiger charge is -2.11. The van der Waals surface area contributed by atoms with E-state index in [0.717, 1.165) is 11.3 Å². The van der Waals surface area contributed by atoms with E-state index in [0.29, 0.717) is 0 Å². The third-order valence-electron chi connectivity index (χ3n) is 2.35. The van der Waals surface area contributed by atoms with Crippen LogP contribution >= 0.6 is 11.3 Å². The van der Waals surface area contributed by atoms with Crippen molar-refractivity contribution in [2.75, 3.05) is 6.61 Å². The fourth-order valence-electron chi connectivity index (χ4n) is 1.23. The normalized spacial score (nSPS) is 12.9. The summed E-state index contributed by atoms with van der Waals surface area (Å²) in [6.07, 6.45) is 4.05. The number of amides is 1. The van der Waals surface area contributed by atoms with E-state index in [1.165, 1.54) is 11.6 Å². The molecule has 4 heteroatoms. The first-order valence-electron chi connectivity index (χ1n) is 5.31. The van der Waals surface area contributed by atoms with Gasteiger partial charge in [0, 0.05) is 11.0 Å². The van der Waals surface area contributed by atoms with Crippen molar-refractivity contribution in [2.45, 2.75) is 26.3 Å². The molecule has 1 aromatic heterocycles. The van der Waals surface area contributed by atoms with Crippen LogP contribution in [0.3, 0.4) is 0 Å². The number of carbonyl (C=O) groups is 1. The summed E-state index contributed by atoms with van der Waals surface area (Å²) < 4.78 is 0. The van der Waals surface area contributed by atoms with Gasteiger partial charge in [0.1, 0.15) is 0 Å². The summed E-state index contributed by atoms with van der Waals surface area (Å²) in [5, 5.41) is 13.7. The highest BCUT2D eigenvalue weighted by atomic mass is 32.1. The Bertz CT molecular complexity index is 367. The lowest BCUT2D eigenvalue weighted by molar-refractivity contribution is -0.117. The Labute approximate surface area is 99.8 Å². The SMILES string of the molecule is CC[C@@H](CO)NC(=O)/C=C/c1sccc1C. The molecule has 16 heavy (non-hydrogen) atoms. The first-order valence-corrected chi connectivity index (χ1v) is 6.18. The lowest BCUT2D eigenvalue weighted by atomic mass is 10.2. The van der Waals surface area contributed by atoms with Crippen molar-refractivity contribution in [1.82, 2.24) is 5.32 Å². The highest BCUT2D eigenvalue weighted by molar-refractivity contribution is 7.11. The summed E-state index contributed by atoms with van der Waals surface area (Å²) in [6, 6.07) is 1.87. The summed E-state index contributed by atoms with van der Waals surface area (Å²) in [5.74, 6) is -0.159. The molecule has 88 valence electrons. The zero-order chi connectivity index (χ0) is 12.0. The molecule has 1 amide bonds. The lowest BCUT2D eigenvalue weighted by Crippen LogP contribution is -2.35. The number of aliphatic hydroxyl groups excluding tert-OH is 1. The van der Waals surface area contributed by atoms with Gasteiger partial charge in [0.2, 0.25) is 5.91 Å². The van der Waals surface area contributed by atoms with Crippen molar-refractivity contribution in [1.29, 1.82) is 0 Å². The van der Waals surface area contributed by atoms with Gasteiger partial charge in [-0.1, -0.05) is 6.92 Å². The van der Waals surface area contributed by atoms with Crippen molar-refractivity contribution < 1.29 is 9.90 Å². The first-order chi connectivity index (χ1) is 7.67. The van der Waals surface area contributed by atoms with Crippen molar-refractivity contribution >= 4 is 23.3 Å². The maximum atomic E-state index is 11.5. The van der Waals surface area contributed by atoms with Crippen LogP contribution in [0.15, 0.2) is 17.5 Å². The van der Waals surface area contributed by atoms with Crippen LogP contribution in [0, 0.1) is 6.92 Å². The first kappa shape index (κ1) is 12.9. The quantitative estimate of drug-likeness (QED) is 0.772. The van der Waals surface area contributed by atoms with Gasteiger partial charge in [-0.15, -0.1) is 11.3 Å². The molecule has 1 rings (SSSR count). The summed E-state index contributed by atoms with van der Waals surface area (Å²) in [5.41, 5.74) is 1.17. The Balaban J connectivity index is 2.51. The number of aliphatic hydroxyl groups is 1. The number of rotatable bonds is 5. The van der Waals surface area contributed by atoms with E-state index in [9.17, 15) is 4.79 Å². The van der Waals surface area contributed by atoms with Gasteiger partial charge in [-0.05, 0) is 36.4 Å². The summed E-state index contributed by atoms with van der Waals surface area (Å²) in [4.78, 5) is 12.6. The highest BCUT2D eigenvalue weighted by Crippen LogP contribution is 2.16. The number of carbonyl (C=O) groups excluding carboxylic acids is 1. The van der Waals surface area contributed by atoms with E-state index in [2.05, 4.69) is 5.32 Å². The van der Waals surface area contributed by atoms with Crippen molar-refractivity contribution in [2.24, 2.45) is 0 Å². The second-order valence-electron chi connectivity index (χ2n) is 3.60. The smallest absolute Gasteiger partial charge is 0.244 e. The van der Waals surface area contributed by atoms with Crippen molar-refractivity contribution in [3.8, 4) is 0 Å². The Morgan fingerprint density at radius 1 is 1.69 bits per heavy atom. The fraction of sp³-hybridized carbons (Fsp3) is 0.417. The number of nitrogens with one attached hydrogen (secondary N) is 1. The number of aryl methyl sites for hydroxylation is 1. The molecular weight excluding hydrogens is 222 g/mol. The predicted octanol–water partition coefficient (Wildman–Crippen LogP) is 1.96. The van der Waals surface area contributed by atoms with E-state index < -0.39 is 0 Å². The minimum absolute atomic E-state index is 0.0197. The molecule has 0 aliphatic carbocycles. The van der Waals surface area contributed by atoms with Crippen LogP contribution in [-0.4, -0.2) is 23.7 Å². The van der Waals surface area contributed by atoms with Gasteiger partial charge in [0.15, 0.2) is 0 Å². The van der Waals surface area contributed by atoms with Crippen LogP contribution in [0.25, 0.3) is 6.08 Å².